The molecule has 1 amide bonds. The molecule has 0 bridgehead atoms. The molecular weight excluding hydrogens is 334 g/mol. The number of nitro benzene ring substituents is 1. The molecule has 0 atom stereocenters. The summed E-state index contributed by atoms with van der Waals surface area (Å²) < 4.78 is 26.3. The van der Waals surface area contributed by atoms with Crippen LogP contribution in [0.4, 0.5) is 5.69 Å². The molecule has 1 aromatic carbocycles. The average Bonchev–Trinajstić information content (AvgIpc) is 2.38. The molecule has 1 aromatic rings. The van der Waals surface area contributed by atoms with Crippen LogP contribution in [0.15, 0.2) is 17.0 Å². The number of hydrogen-bond donors (Lipinski definition) is 1. The summed E-state index contributed by atoms with van der Waals surface area (Å²) in [4.78, 5) is 22.1. The smallest absolute Gasteiger partial charge is 0.271 e. The highest BCUT2D eigenvalue weighted by atomic mass is 32.2. The number of carbonyl (C=O) groups excluding carboxylic acids is 1. The van der Waals surface area contributed by atoms with E-state index in [9.17, 15) is 23.3 Å². The fraction of sp³-hybridized carbons (Fsp3) is 0.533. The molecule has 1 rings (SSSR count). The summed E-state index contributed by atoms with van der Waals surface area (Å²) in [5.74, 6) is -0.451. The SMILES string of the molecule is Cc1cc([N+](=O)[O-])cc(S(=O)(=O)N(C)CC(=O)NC(C)(C)C)c1C. The summed E-state index contributed by atoms with van der Waals surface area (Å²) in [6.45, 7) is 8.16. The Kier molecular flexibility index (Phi) is 5.73. The summed E-state index contributed by atoms with van der Waals surface area (Å²) in [5, 5.41) is 13.7. The van der Waals surface area contributed by atoms with Gasteiger partial charge in [0.1, 0.15) is 0 Å². The van der Waals surface area contributed by atoms with Crippen molar-refractivity contribution in [2.75, 3.05) is 13.6 Å². The van der Waals surface area contributed by atoms with Crippen LogP contribution in [0.1, 0.15) is 31.9 Å². The van der Waals surface area contributed by atoms with E-state index in [0.29, 0.717) is 11.1 Å². The normalized spacial score (nSPS) is 12.3. The maximum atomic E-state index is 12.7. The van der Waals surface area contributed by atoms with Gasteiger partial charge in [0.05, 0.1) is 16.4 Å². The second-order valence-corrected chi connectivity index (χ2v) is 8.72. The van der Waals surface area contributed by atoms with E-state index in [4.69, 9.17) is 0 Å². The molecule has 0 aromatic heterocycles. The Morgan fingerprint density at radius 2 is 1.83 bits per heavy atom. The first-order valence-electron chi connectivity index (χ1n) is 7.28. The van der Waals surface area contributed by atoms with Crippen LogP contribution in [0, 0.1) is 24.0 Å². The zero-order valence-corrected chi connectivity index (χ0v) is 15.5. The number of nitrogens with zero attached hydrogens (tertiary/aromatic N) is 2. The van der Waals surface area contributed by atoms with Crippen LogP contribution in [0.3, 0.4) is 0 Å². The molecule has 0 aliphatic carbocycles. The molecule has 134 valence electrons. The van der Waals surface area contributed by atoms with Crippen molar-refractivity contribution in [2.24, 2.45) is 0 Å². The first kappa shape index (κ1) is 20.0. The van der Waals surface area contributed by atoms with Gasteiger partial charge in [-0.25, -0.2) is 8.42 Å². The maximum Gasteiger partial charge on any atom is 0.271 e. The minimum absolute atomic E-state index is 0.166. The van der Waals surface area contributed by atoms with Crippen molar-refractivity contribution in [3.8, 4) is 0 Å². The molecule has 0 fully saturated rings. The predicted molar refractivity (Wildman–Crippen MR) is 90.3 cm³/mol. The number of carbonyl (C=O) groups is 1. The van der Waals surface area contributed by atoms with Gasteiger partial charge in [-0.15, -0.1) is 0 Å². The number of hydrogen-bond acceptors (Lipinski definition) is 5. The lowest BCUT2D eigenvalue weighted by Crippen LogP contribution is -2.46. The van der Waals surface area contributed by atoms with Crippen molar-refractivity contribution in [3.63, 3.8) is 0 Å². The number of nitrogens with one attached hydrogen (secondary N) is 1. The Morgan fingerprint density at radius 3 is 2.29 bits per heavy atom. The molecule has 0 aliphatic heterocycles. The van der Waals surface area contributed by atoms with Crippen molar-refractivity contribution in [2.45, 2.75) is 45.1 Å². The molecule has 0 radical (unpaired) electrons. The predicted octanol–water partition coefficient (Wildman–Crippen LogP) is 1.75. The average molecular weight is 357 g/mol. The number of benzene rings is 1. The lowest BCUT2D eigenvalue weighted by molar-refractivity contribution is -0.385. The second-order valence-electron chi connectivity index (χ2n) is 6.70. The molecule has 0 saturated carbocycles. The molecule has 0 spiro atoms. The van der Waals surface area contributed by atoms with Gasteiger partial charge in [-0.2, -0.15) is 4.31 Å². The van der Waals surface area contributed by atoms with Crippen LogP contribution in [0.5, 0.6) is 0 Å². The highest BCUT2D eigenvalue weighted by Crippen LogP contribution is 2.27. The number of amides is 1. The highest BCUT2D eigenvalue weighted by Gasteiger charge is 2.28. The van der Waals surface area contributed by atoms with E-state index in [1.54, 1.807) is 34.6 Å². The molecule has 0 heterocycles. The summed E-state index contributed by atoms with van der Waals surface area (Å²) in [6.07, 6.45) is 0. The van der Waals surface area contributed by atoms with Crippen LogP contribution < -0.4 is 5.32 Å². The van der Waals surface area contributed by atoms with Gasteiger partial charge in [-0.3, -0.25) is 14.9 Å². The van der Waals surface area contributed by atoms with Crippen LogP contribution in [0.25, 0.3) is 0 Å². The summed E-state index contributed by atoms with van der Waals surface area (Å²) in [6, 6.07) is 2.34. The van der Waals surface area contributed by atoms with E-state index in [0.717, 1.165) is 10.4 Å². The summed E-state index contributed by atoms with van der Waals surface area (Å²) in [7, 11) is -2.76. The monoisotopic (exact) mass is 357 g/mol. The lowest BCUT2D eigenvalue weighted by atomic mass is 10.1. The van der Waals surface area contributed by atoms with Gasteiger partial charge in [-0.05, 0) is 45.7 Å². The standard InChI is InChI=1S/C15H23N3O5S/c1-10-7-12(18(20)21)8-13(11(10)2)24(22,23)17(6)9-14(19)16-15(3,4)5/h7-8H,9H2,1-6H3,(H,16,19). The van der Waals surface area contributed by atoms with Crippen molar-refractivity contribution in [1.82, 2.24) is 9.62 Å². The van der Waals surface area contributed by atoms with E-state index in [2.05, 4.69) is 5.32 Å². The van der Waals surface area contributed by atoms with Gasteiger partial charge < -0.3 is 5.32 Å². The third-order valence-electron chi connectivity index (χ3n) is 3.38. The summed E-state index contributed by atoms with van der Waals surface area (Å²) >= 11 is 0. The highest BCUT2D eigenvalue weighted by molar-refractivity contribution is 7.89. The largest absolute Gasteiger partial charge is 0.350 e. The number of rotatable bonds is 5. The van der Waals surface area contributed by atoms with E-state index in [1.165, 1.54) is 13.1 Å². The Hall–Kier alpha value is -2.00. The Labute approximate surface area is 142 Å². The first-order chi connectivity index (χ1) is 10.8. The first-order valence-corrected chi connectivity index (χ1v) is 8.72. The van der Waals surface area contributed by atoms with Crippen molar-refractivity contribution < 1.29 is 18.1 Å². The number of likely N-dealkylation sites (N-methyl/N-ethyl adjacent to an activating group) is 1. The minimum atomic E-state index is -4.03. The maximum absolute atomic E-state index is 12.7. The number of non-ortho nitro benzene ring substituents is 1. The summed E-state index contributed by atoms with van der Waals surface area (Å²) in [5.41, 5.74) is 0.128. The van der Waals surface area contributed by atoms with Crippen molar-refractivity contribution in [1.29, 1.82) is 0 Å². The molecular formula is C15H23N3O5S. The van der Waals surface area contributed by atoms with Crippen LogP contribution >= 0.6 is 0 Å². The number of sulfonamides is 1. The van der Waals surface area contributed by atoms with Crippen molar-refractivity contribution >= 4 is 21.6 Å². The van der Waals surface area contributed by atoms with E-state index in [-0.39, 0.29) is 17.1 Å². The molecule has 24 heavy (non-hydrogen) atoms. The molecule has 0 aliphatic rings. The fourth-order valence-electron chi connectivity index (χ4n) is 2.09. The Bertz CT molecular complexity index is 766. The van der Waals surface area contributed by atoms with Gasteiger partial charge >= 0.3 is 0 Å². The zero-order valence-electron chi connectivity index (χ0n) is 14.7. The van der Waals surface area contributed by atoms with Gasteiger partial charge in [0, 0.05) is 24.7 Å². The quantitative estimate of drug-likeness (QED) is 0.638. The number of aryl methyl sites for hydroxylation is 1. The van der Waals surface area contributed by atoms with Crippen LogP contribution in [-0.2, 0) is 14.8 Å². The molecule has 1 N–H and O–H groups in total. The second kappa shape index (κ2) is 6.86. The Balaban J connectivity index is 3.20. The van der Waals surface area contributed by atoms with Gasteiger partial charge in [0.2, 0.25) is 15.9 Å². The van der Waals surface area contributed by atoms with Crippen LogP contribution in [-0.4, -0.2) is 42.7 Å². The lowest BCUT2D eigenvalue weighted by Gasteiger charge is -2.23. The molecule has 0 unspecified atom stereocenters. The molecule has 0 saturated heterocycles. The van der Waals surface area contributed by atoms with E-state index in [1.807, 2.05) is 0 Å². The molecule has 9 heteroatoms. The Morgan fingerprint density at radius 1 is 1.29 bits per heavy atom. The van der Waals surface area contributed by atoms with E-state index < -0.39 is 26.4 Å². The zero-order chi connectivity index (χ0) is 18.9. The third kappa shape index (κ3) is 4.75. The van der Waals surface area contributed by atoms with Crippen molar-refractivity contribution in [3.05, 3.63) is 33.4 Å². The topological polar surface area (TPSA) is 110 Å². The fourth-order valence-corrected chi connectivity index (χ4v) is 3.54. The van der Waals surface area contributed by atoms with Gasteiger partial charge in [0.15, 0.2) is 0 Å². The van der Waals surface area contributed by atoms with Gasteiger partial charge in [-0.1, -0.05) is 0 Å². The van der Waals surface area contributed by atoms with E-state index >= 15 is 0 Å². The minimum Gasteiger partial charge on any atom is -0.350 e. The van der Waals surface area contributed by atoms with Crippen LogP contribution in [0.2, 0.25) is 0 Å². The third-order valence-corrected chi connectivity index (χ3v) is 5.31. The number of nitro groups is 1. The van der Waals surface area contributed by atoms with Gasteiger partial charge in [0.25, 0.3) is 5.69 Å². The molecule has 8 nitrogen and oxygen atoms in total.